The number of fused-ring (bicyclic) bond motifs is 5. The Hall–Kier alpha value is -2.88. The number of imide groups is 1. The quantitative estimate of drug-likeness (QED) is 0.0204. The number of rotatable bonds is 43. The maximum Gasteiger partial charge on any atom is 0.289 e. The van der Waals surface area contributed by atoms with Gasteiger partial charge >= 0.3 is 0 Å². The van der Waals surface area contributed by atoms with Crippen LogP contribution < -0.4 is 11.1 Å². The lowest BCUT2D eigenvalue weighted by atomic mass is 9.61. The van der Waals surface area contributed by atoms with Crippen LogP contribution in [-0.4, -0.2) is 71.4 Å². The van der Waals surface area contributed by atoms with Gasteiger partial charge in [0.05, 0.1) is 12.7 Å². The van der Waals surface area contributed by atoms with Crippen molar-refractivity contribution in [2.75, 3.05) is 26.9 Å². The highest BCUT2D eigenvalue weighted by molar-refractivity contribution is 6.12. The van der Waals surface area contributed by atoms with Gasteiger partial charge in [0.1, 0.15) is 0 Å². The maximum atomic E-state index is 13.7. The lowest BCUT2D eigenvalue weighted by Gasteiger charge is -2.44. The van der Waals surface area contributed by atoms with Crippen LogP contribution in [0.2, 0.25) is 0 Å². The number of nitrogens with one attached hydrogen (secondary N) is 1. The first-order chi connectivity index (χ1) is 38.8. The fourth-order valence-electron chi connectivity index (χ4n) is 16.6. The van der Waals surface area contributed by atoms with Gasteiger partial charge in [0.2, 0.25) is 5.91 Å². The van der Waals surface area contributed by atoms with Crippen LogP contribution in [0.3, 0.4) is 0 Å². The van der Waals surface area contributed by atoms with Crippen LogP contribution in [0.5, 0.6) is 0 Å². The van der Waals surface area contributed by atoms with Crippen LogP contribution in [0.25, 0.3) is 0 Å². The van der Waals surface area contributed by atoms with Gasteiger partial charge in [-0.2, -0.15) is 0 Å². The molecule has 5 rings (SSSR count). The van der Waals surface area contributed by atoms with Crippen molar-refractivity contribution >= 4 is 23.6 Å². The number of methoxy groups -OCH3 is 1. The monoisotopic (exact) mass is 1130 g/mol. The molecule has 5 aliphatic rings. The van der Waals surface area contributed by atoms with Crippen molar-refractivity contribution in [1.29, 1.82) is 0 Å². The van der Waals surface area contributed by atoms with E-state index in [2.05, 4.69) is 60.7 Å². The van der Waals surface area contributed by atoms with Gasteiger partial charge in [-0.15, -0.1) is 0 Å². The third-order valence-corrected chi connectivity index (χ3v) is 22.1. The number of nitrogens with two attached hydrogens (primary N) is 1. The zero-order chi connectivity index (χ0) is 59.0. The summed E-state index contributed by atoms with van der Waals surface area (Å²) < 4.78 is 12.1. The molecule has 0 aromatic rings. The molecule has 1 aliphatic heterocycles. The fourth-order valence-corrected chi connectivity index (χ4v) is 16.6. The molecule has 4 amide bonds. The number of carbonyl (C=O) groups is 4. The minimum absolute atomic E-state index is 0.0236. The standard InChI is InChI=1S/C71H126N4O6/c1-12-16-18-20-26-32-38-59-54(36-30-19-17-13-2)40-41-55(60(59)39-33-27-21-23-28-34-44-69(5,6)71(9,10)72)37-31-25-22-24-29-35-45-73-67(79)58(14-3)68(80-11)81-52-75(64(76)15-4)70(7,8)50-57-48-56-49-62(57)63-47-53(46-61(56)63)51-74-65(77)42-43-66(74)78/h42-43,53-57,59-63H,12-41,44-52,72H2,1-11H3,(H,73,79)/b68-58+. The maximum absolute atomic E-state index is 13.7. The molecule has 4 saturated carbocycles. The summed E-state index contributed by atoms with van der Waals surface area (Å²) in [6.07, 6.45) is 48.5. The van der Waals surface area contributed by atoms with E-state index < -0.39 is 5.54 Å². The van der Waals surface area contributed by atoms with Crippen molar-refractivity contribution < 1.29 is 28.7 Å². The third-order valence-electron chi connectivity index (χ3n) is 22.1. The first-order valence-corrected chi connectivity index (χ1v) is 34.6. The number of hydrogen-bond acceptors (Lipinski definition) is 7. The summed E-state index contributed by atoms with van der Waals surface area (Å²) in [5, 5.41) is 3.18. The number of amides is 4. The molecule has 4 aliphatic carbocycles. The SMILES string of the molecule is CCCCCCCCC1C(CCCCCC)CCC(CCCCCCCCNC(=O)/C(CC)=C(\OC)OCN(C(=O)CC)C(C)(C)CC2CC3CC2C2CC(CN4C(=O)C=CC4=O)CC32)C1CCCCCCCCC(C)(C)C(C)(C)N. The molecule has 4 fully saturated rings. The Kier molecular flexibility index (Phi) is 29.7. The largest absolute Gasteiger partial charge is 0.468 e. The van der Waals surface area contributed by atoms with Gasteiger partial charge in [0, 0.05) is 42.7 Å². The molecule has 10 atom stereocenters. The number of unbranched alkanes of at least 4 members (excludes halogenated alkanes) is 18. The Balaban J connectivity index is 1.05. The molecule has 0 aromatic carbocycles. The molecule has 2 bridgehead atoms. The van der Waals surface area contributed by atoms with E-state index in [4.69, 9.17) is 15.2 Å². The molecule has 10 heteroatoms. The number of hydrogen-bond donors (Lipinski definition) is 2. The van der Waals surface area contributed by atoms with Crippen LogP contribution in [0.4, 0.5) is 0 Å². The van der Waals surface area contributed by atoms with E-state index in [1.807, 2.05) is 18.7 Å². The summed E-state index contributed by atoms with van der Waals surface area (Å²) >= 11 is 0. The second kappa shape index (κ2) is 34.9. The molecular formula is C71H126N4O6. The van der Waals surface area contributed by atoms with Crippen LogP contribution in [0.15, 0.2) is 23.7 Å². The van der Waals surface area contributed by atoms with E-state index in [1.54, 1.807) is 7.11 Å². The highest BCUT2D eigenvalue weighted by atomic mass is 16.7. The zero-order valence-corrected chi connectivity index (χ0v) is 54.4. The second-order valence-electron chi connectivity index (χ2n) is 29.0. The average molecular weight is 1130 g/mol. The Morgan fingerprint density at radius 1 is 0.617 bits per heavy atom. The Morgan fingerprint density at radius 3 is 1.65 bits per heavy atom. The predicted octanol–water partition coefficient (Wildman–Crippen LogP) is 17.6. The van der Waals surface area contributed by atoms with E-state index in [9.17, 15) is 19.2 Å². The summed E-state index contributed by atoms with van der Waals surface area (Å²) in [6, 6.07) is 0. The number of nitrogens with zero attached hydrogens (tertiary/aromatic N) is 2. The van der Waals surface area contributed by atoms with Crippen LogP contribution in [-0.2, 0) is 28.7 Å². The third kappa shape index (κ3) is 21.0. The molecule has 81 heavy (non-hydrogen) atoms. The molecule has 10 nitrogen and oxygen atoms in total. The summed E-state index contributed by atoms with van der Waals surface area (Å²) in [4.78, 5) is 55.3. The summed E-state index contributed by atoms with van der Waals surface area (Å²) in [6.45, 7) is 23.1. The van der Waals surface area contributed by atoms with E-state index in [1.165, 1.54) is 203 Å². The van der Waals surface area contributed by atoms with Gasteiger partial charge in [0.15, 0.2) is 6.73 Å². The Labute approximate surface area is 497 Å². The van der Waals surface area contributed by atoms with Gasteiger partial charge < -0.3 is 25.4 Å². The summed E-state index contributed by atoms with van der Waals surface area (Å²) in [7, 11) is 1.55. The molecule has 0 aromatic heterocycles. The first-order valence-electron chi connectivity index (χ1n) is 34.6. The lowest BCUT2D eigenvalue weighted by molar-refractivity contribution is -0.146. The van der Waals surface area contributed by atoms with Gasteiger partial charge in [-0.1, -0.05) is 189 Å². The molecular weight excluding hydrogens is 1000 g/mol. The molecule has 3 N–H and O–H groups in total. The Morgan fingerprint density at radius 2 is 1.12 bits per heavy atom. The van der Waals surface area contributed by atoms with Crippen molar-refractivity contribution in [3.05, 3.63) is 23.7 Å². The van der Waals surface area contributed by atoms with E-state index in [0.29, 0.717) is 67.0 Å². The second-order valence-corrected chi connectivity index (χ2v) is 29.0. The van der Waals surface area contributed by atoms with Crippen LogP contribution in [0.1, 0.15) is 300 Å². The van der Waals surface area contributed by atoms with E-state index in [-0.39, 0.29) is 47.3 Å². The van der Waals surface area contributed by atoms with Gasteiger partial charge in [-0.25, -0.2) is 0 Å². The lowest BCUT2D eigenvalue weighted by Crippen LogP contribution is -2.50. The van der Waals surface area contributed by atoms with E-state index >= 15 is 0 Å². The van der Waals surface area contributed by atoms with Crippen molar-refractivity contribution in [2.24, 2.45) is 70.3 Å². The van der Waals surface area contributed by atoms with Gasteiger partial charge in [-0.3, -0.25) is 24.1 Å². The van der Waals surface area contributed by atoms with Gasteiger partial charge in [0.25, 0.3) is 23.7 Å². The van der Waals surface area contributed by atoms with Crippen molar-refractivity contribution in [2.45, 2.75) is 311 Å². The minimum Gasteiger partial charge on any atom is -0.468 e. The smallest absolute Gasteiger partial charge is 0.289 e. The summed E-state index contributed by atoms with van der Waals surface area (Å²) in [5.41, 5.74) is 6.58. The topological polar surface area (TPSA) is 131 Å². The molecule has 466 valence electrons. The number of ether oxygens (including phenoxy) is 2. The summed E-state index contributed by atoms with van der Waals surface area (Å²) in [5.74, 6) is 6.83. The Bertz CT molecular complexity index is 1920. The van der Waals surface area contributed by atoms with Crippen LogP contribution in [0, 0.1) is 64.6 Å². The van der Waals surface area contributed by atoms with E-state index in [0.717, 1.165) is 55.8 Å². The van der Waals surface area contributed by atoms with Crippen molar-refractivity contribution in [3.63, 3.8) is 0 Å². The van der Waals surface area contributed by atoms with Crippen molar-refractivity contribution in [3.8, 4) is 0 Å². The highest BCUT2D eigenvalue weighted by Gasteiger charge is 2.57. The zero-order valence-electron chi connectivity index (χ0n) is 54.4. The first kappa shape index (κ1) is 68.9. The normalized spacial score (nSPS) is 25.9. The average Bonchev–Trinajstić information content (AvgIpc) is 4.39. The fraction of sp³-hybridized carbons (Fsp3) is 0.887. The molecule has 1 heterocycles. The molecule has 0 spiro atoms. The minimum atomic E-state index is -0.463. The van der Waals surface area contributed by atoms with Gasteiger partial charge in [-0.05, 0) is 169 Å². The molecule has 10 unspecified atom stereocenters. The predicted molar refractivity (Wildman–Crippen MR) is 336 cm³/mol. The highest BCUT2D eigenvalue weighted by Crippen LogP contribution is 2.63. The van der Waals surface area contributed by atoms with Crippen molar-refractivity contribution in [1.82, 2.24) is 15.1 Å². The molecule has 0 saturated heterocycles. The number of carbonyl (C=O) groups excluding carboxylic acids is 4. The molecule has 0 radical (unpaired) electrons. The van der Waals surface area contributed by atoms with Crippen LogP contribution >= 0.6 is 0 Å².